The van der Waals surface area contributed by atoms with Crippen LogP contribution < -0.4 is 5.73 Å². The van der Waals surface area contributed by atoms with Gasteiger partial charge in [-0.05, 0) is 37.4 Å². The molecule has 18 heavy (non-hydrogen) atoms. The van der Waals surface area contributed by atoms with Crippen molar-refractivity contribution in [2.24, 2.45) is 11.7 Å². The quantitative estimate of drug-likeness (QED) is 0.884. The van der Waals surface area contributed by atoms with Crippen LogP contribution in [0.1, 0.15) is 25.3 Å². The summed E-state index contributed by atoms with van der Waals surface area (Å²) in [7, 11) is 0. The predicted octanol–water partition coefficient (Wildman–Crippen LogP) is 2.10. The number of rotatable bonds is 3. The summed E-state index contributed by atoms with van der Waals surface area (Å²) in [6, 6.07) is 12.0. The lowest BCUT2D eigenvalue weighted by Crippen LogP contribution is -2.48. The Labute approximate surface area is 109 Å². The zero-order valence-corrected chi connectivity index (χ0v) is 11.0. The number of benzene rings is 1. The minimum absolute atomic E-state index is 0.625. The number of nitrogens with two attached hydrogens (primary N) is 1. The van der Waals surface area contributed by atoms with Crippen LogP contribution in [0.25, 0.3) is 0 Å². The van der Waals surface area contributed by atoms with Crippen LogP contribution in [0.5, 0.6) is 0 Å². The molecule has 3 nitrogen and oxygen atoms in total. The Kier molecular flexibility index (Phi) is 4.00. The van der Waals surface area contributed by atoms with Crippen LogP contribution >= 0.6 is 0 Å². The molecule has 1 heterocycles. The molecule has 0 spiro atoms. The fraction of sp³-hybridized carbons (Fsp3) is 0.533. The Morgan fingerprint density at radius 2 is 1.94 bits per heavy atom. The summed E-state index contributed by atoms with van der Waals surface area (Å²) in [4.78, 5) is 2.32. The van der Waals surface area contributed by atoms with E-state index in [-0.39, 0.29) is 0 Å². The van der Waals surface area contributed by atoms with Gasteiger partial charge in [0.1, 0.15) is 5.54 Å². The Balaban J connectivity index is 2.07. The highest BCUT2D eigenvalue weighted by atomic mass is 15.1. The largest absolute Gasteiger partial charge is 0.309 e. The zero-order valence-electron chi connectivity index (χ0n) is 11.0. The van der Waals surface area contributed by atoms with Crippen molar-refractivity contribution in [3.05, 3.63) is 35.9 Å². The van der Waals surface area contributed by atoms with E-state index in [0.29, 0.717) is 6.54 Å². The van der Waals surface area contributed by atoms with Crippen LogP contribution in [-0.4, -0.2) is 24.5 Å². The molecule has 0 radical (unpaired) electrons. The van der Waals surface area contributed by atoms with Crippen molar-refractivity contribution in [3.8, 4) is 6.07 Å². The molecule has 1 unspecified atom stereocenters. The molecule has 1 aromatic rings. The van der Waals surface area contributed by atoms with Gasteiger partial charge in [0.2, 0.25) is 0 Å². The minimum atomic E-state index is -0.887. The Bertz CT molecular complexity index is 415. The molecule has 2 rings (SSSR count). The molecule has 0 bridgehead atoms. The molecular formula is C15H21N3. The topological polar surface area (TPSA) is 53.0 Å². The standard InChI is InChI=1S/C15H21N3/c1-13-7-9-18(10-8-13)12-15(17,11-16)14-5-3-2-4-6-14/h2-6,13H,7-10,12,17H2,1H3. The van der Waals surface area contributed by atoms with Gasteiger partial charge < -0.3 is 10.6 Å². The fourth-order valence-electron chi connectivity index (χ4n) is 2.50. The van der Waals surface area contributed by atoms with E-state index in [0.717, 1.165) is 24.6 Å². The maximum absolute atomic E-state index is 9.42. The number of hydrogen-bond donors (Lipinski definition) is 1. The van der Waals surface area contributed by atoms with Gasteiger partial charge in [0.05, 0.1) is 6.07 Å². The van der Waals surface area contributed by atoms with Crippen molar-refractivity contribution >= 4 is 0 Å². The monoisotopic (exact) mass is 243 g/mol. The minimum Gasteiger partial charge on any atom is -0.309 e. The lowest BCUT2D eigenvalue weighted by atomic mass is 9.90. The SMILES string of the molecule is CC1CCN(CC(N)(C#N)c2ccccc2)CC1. The third-order valence-electron chi connectivity index (χ3n) is 3.84. The first-order valence-corrected chi connectivity index (χ1v) is 6.62. The first-order valence-electron chi connectivity index (χ1n) is 6.62. The average molecular weight is 243 g/mol. The molecule has 1 fully saturated rings. The summed E-state index contributed by atoms with van der Waals surface area (Å²) in [5.41, 5.74) is 6.30. The number of piperidine rings is 1. The second-order valence-electron chi connectivity index (χ2n) is 5.41. The van der Waals surface area contributed by atoms with Crippen LogP contribution in [0.15, 0.2) is 30.3 Å². The molecule has 3 heteroatoms. The van der Waals surface area contributed by atoms with E-state index in [4.69, 9.17) is 5.73 Å². The molecule has 0 amide bonds. The molecule has 1 saturated heterocycles. The summed E-state index contributed by atoms with van der Waals surface area (Å²) in [5, 5.41) is 9.42. The van der Waals surface area contributed by atoms with Crippen LogP contribution in [-0.2, 0) is 5.54 Å². The second kappa shape index (κ2) is 5.51. The van der Waals surface area contributed by atoms with Gasteiger partial charge in [-0.15, -0.1) is 0 Å². The normalized spacial score (nSPS) is 21.2. The Morgan fingerprint density at radius 3 is 2.50 bits per heavy atom. The molecule has 1 aliphatic heterocycles. The van der Waals surface area contributed by atoms with E-state index < -0.39 is 5.54 Å². The van der Waals surface area contributed by atoms with Crippen molar-refractivity contribution in [2.75, 3.05) is 19.6 Å². The average Bonchev–Trinajstić information content (AvgIpc) is 2.42. The van der Waals surface area contributed by atoms with Crippen LogP contribution in [0, 0.1) is 17.2 Å². The third-order valence-corrected chi connectivity index (χ3v) is 3.84. The molecule has 1 aromatic carbocycles. The number of hydrogen-bond acceptors (Lipinski definition) is 3. The molecular weight excluding hydrogens is 222 g/mol. The lowest BCUT2D eigenvalue weighted by molar-refractivity contribution is 0.169. The number of likely N-dealkylation sites (tertiary alicyclic amines) is 1. The number of nitriles is 1. The summed E-state index contributed by atoms with van der Waals surface area (Å²) in [5.74, 6) is 0.798. The van der Waals surface area contributed by atoms with Crippen molar-refractivity contribution < 1.29 is 0 Å². The molecule has 0 aliphatic carbocycles. The fourth-order valence-corrected chi connectivity index (χ4v) is 2.50. The zero-order chi connectivity index (χ0) is 13.0. The van der Waals surface area contributed by atoms with E-state index in [9.17, 15) is 5.26 Å². The Morgan fingerprint density at radius 1 is 1.33 bits per heavy atom. The lowest BCUT2D eigenvalue weighted by Gasteiger charge is -2.35. The second-order valence-corrected chi connectivity index (χ2v) is 5.41. The first-order chi connectivity index (χ1) is 8.64. The van der Waals surface area contributed by atoms with Crippen LogP contribution in [0.4, 0.5) is 0 Å². The van der Waals surface area contributed by atoms with E-state index in [1.54, 1.807) is 0 Å². The summed E-state index contributed by atoms with van der Waals surface area (Å²) in [6.07, 6.45) is 2.41. The highest BCUT2D eigenvalue weighted by Gasteiger charge is 2.30. The van der Waals surface area contributed by atoms with Gasteiger partial charge in [-0.25, -0.2) is 0 Å². The molecule has 0 saturated carbocycles. The van der Waals surface area contributed by atoms with Crippen LogP contribution in [0.3, 0.4) is 0 Å². The van der Waals surface area contributed by atoms with Gasteiger partial charge >= 0.3 is 0 Å². The summed E-state index contributed by atoms with van der Waals surface area (Å²) >= 11 is 0. The van der Waals surface area contributed by atoms with Gasteiger partial charge in [0, 0.05) is 6.54 Å². The van der Waals surface area contributed by atoms with Crippen molar-refractivity contribution in [2.45, 2.75) is 25.3 Å². The van der Waals surface area contributed by atoms with E-state index >= 15 is 0 Å². The smallest absolute Gasteiger partial charge is 0.142 e. The number of nitrogens with zero attached hydrogens (tertiary/aromatic N) is 2. The maximum Gasteiger partial charge on any atom is 0.142 e. The van der Waals surface area contributed by atoms with Crippen molar-refractivity contribution in [1.82, 2.24) is 4.90 Å². The molecule has 1 atom stereocenters. The highest BCUT2D eigenvalue weighted by Crippen LogP contribution is 2.22. The molecule has 0 aromatic heterocycles. The van der Waals surface area contributed by atoms with E-state index in [2.05, 4.69) is 17.9 Å². The van der Waals surface area contributed by atoms with Gasteiger partial charge in [-0.3, -0.25) is 0 Å². The van der Waals surface area contributed by atoms with Crippen molar-refractivity contribution in [1.29, 1.82) is 5.26 Å². The molecule has 1 aliphatic rings. The molecule has 2 N–H and O–H groups in total. The van der Waals surface area contributed by atoms with E-state index in [1.807, 2.05) is 30.3 Å². The summed E-state index contributed by atoms with van der Waals surface area (Å²) < 4.78 is 0. The predicted molar refractivity (Wildman–Crippen MR) is 72.8 cm³/mol. The van der Waals surface area contributed by atoms with Crippen LogP contribution in [0.2, 0.25) is 0 Å². The van der Waals surface area contributed by atoms with E-state index in [1.165, 1.54) is 12.8 Å². The van der Waals surface area contributed by atoms with Gasteiger partial charge in [0.15, 0.2) is 0 Å². The van der Waals surface area contributed by atoms with Crippen molar-refractivity contribution in [3.63, 3.8) is 0 Å². The van der Waals surface area contributed by atoms with Gasteiger partial charge in [-0.2, -0.15) is 5.26 Å². The van der Waals surface area contributed by atoms with Gasteiger partial charge in [0.25, 0.3) is 0 Å². The molecule has 96 valence electrons. The highest BCUT2D eigenvalue weighted by molar-refractivity contribution is 5.31. The first kappa shape index (κ1) is 13.1. The van der Waals surface area contributed by atoms with Gasteiger partial charge in [-0.1, -0.05) is 37.3 Å². The maximum atomic E-state index is 9.42. The summed E-state index contributed by atoms with van der Waals surface area (Å²) in [6.45, 7) is 5.01. The Hall–Kier alpha value is -1.37. The third kappa shape index (κ3) is 2.90.